The number of hydrogen-bond acceptors (Lipinski definition) is 5. The number of benzene rings is 1. The second-order valence-corrected chi connectivity index (χ2v) is 6.21. The van der Waals surface area contributed by atoms with Gasteiger partial charge in [-0.2, -0.15) is 0 Å². The van der Waals surface area contributed by atoms with Crippen LogP contribution in [0.15, 0.2) is 47.5 Å². The van der Waals surface area contributed by atoms with Crippen molar-refractivity contribution >= 4 is 33.3 Å². The van der Waals surface area contributed by atoms with Gasteiger partial charge in [-0.05, 0) is 42.8 Å². The number of rotatable bonds is 3. The molecule has 0 aliphatic rings. The van der Waals surface area contributed by atoms with Crippen molar-refractivity contribution in [1.29, 1.82) is 0 Å². The van der Waals surface area contributed by atoms with Gasteiger partial charge in [0.25, 0.3) is 0 Å². The first-order chi connectivity index (χ1) is 10.8. The minimum atomic E-state index is -3.81. The van der Waals surface area contributed by atoms with Gasteiger partial charge in [0.2, 0.25) is 10.0 Å². The Morgan fingerprint density at radius 2 is 1.65 bits per heavy atom. The van der Waals surface area contributed by atoms with Crippen molar-refractivity contribution in [1.82, 2.24) is 4.98 Å². The molecule has 0 bridgehead atoms. The number of pyridine rings is 1. The van der Waals surface area contributed by atoms with E-state index < -0.39 is 21.8 Å². The molecule has 0 aliphatic heterocycles. The number of hydrogen-bond donors (Lipinski definition) is 3. The van der Waals surface area contributed by atoms with Gasteiger partial charge in [-0.1, -0.05) is 6.07 Å². The fourth-order valence-corrected chi connectivity index (χ4v) is 2.21. The smallest absolute Gasteiger partial charge is 0.315 e. The number of amides is 2. The van der Waals surface area contributed by atoms with Gasteiger partial charge in [0.1, 0.15) is 5.82 Å². The number of primary sulfonamides is 1. The molecule has 1 aromatic carbocycles. The summed E-state index contributed by atoms with van der Waals surface area (Å²) < 4.78 is 22.3. The number of nitrogens with two attached hydrogens (primary N) is 1. The molecule has 2 aromatic rings. The summed E-state index contributed by atoms with van der Waals surface area (Å²) in [5, 5.41) is 9.70. The molecule has 1 aromatic heterocycles. The van der Waals surface area contributed by atoms with Crippen LogP contribution in [-0.2, 0) is 19.6 Å². The van der Waals surface area contributed by atoms with Gasteiger partial charge in [-0.25, -0.2) is 18.5 Å². The van der Waals surface area contributed by atoms with E-state index in [0.717, 1.165) is 0 Å². The molecule has 0 atom stereocenters. The predicted octanol–water partition coefficient (Wildman–Crippen LogP) is 0.615. The molecule has 2 amide bonds. The van der Waals surface area contributed by atoms with Crippen LogP contribution in [0.2, 0.25) is 0 Å². The summed E-state index contributed by atoms with van der Waals surface area (Å²) in [4.78, 5) is 27.5. The van der Waals surface area contributed by atoms with Gasteiger partial charge in [-0.15, -0.1) is 0 Å². The topological polar surface area (TPSA) is 131 Å². The van der Waals surface area contributed by atoms with Crippen LogP contribution in [-0.4, -0.2) is 25.2 Å². The van der Waals surface area contributed by atoms with Gasteiger partial charge in [0.05, 0.1) is 4.90 Å². The first-order valence-electron chi connectivity index (χ1n) is 6.44. The Balaban J connectivity index is 2.04. The number of aromatic nitrogens is 1. The zero-order valence-corrected chi connectivity index (χ0v) is 12.9. The van der Waals surface area contributed by atoms with Crippen LogP contribution < -0.4 is 15.8 Å². The van der Waals surface area contributed by atoms with Crippen LogP contribution in [0.5, 0.6) is 0 Å². The molecule has 0 fully saturated rings. The van der Waals surface area contributed by atoms with E-state index in [4.69, 9.17) is 5.14 Å². The number of sulfonamides is 1. The van der Waals surface area contributed by atoms with Gasteiger partial charge in [-0.3, -0.25) is 9.59 Å². The molecule has 2 rings (SSSR count). The molecule has 9 heteroatoms. The minimum Gasteiger partial charge on any atom is -0.318 e. The quantitative estimate of drug-likeness (QED) is 0.708. The van der Waals surface area contributed by atoms with Crippen LogP contribution >= 0.6 is 0 Å². The molecule has 0 unspecified atom stereocenters. The molecular weight excluding hydrogens is 320 g/mol. The van der Waals surface area contributed by atoms with Crippen molar-refractivity contribution in [2.75, 3.05) is 10.6 Å². The molecule has 4 N–H and O–H groups in total. The van der Waals surface area contributed by atoms with Crippen molar-refractivity contribution < 1.29 is 18.0 Å². The summed E-state index contributed by atoms with van der Waals surface area (Å²) >= 11 is 0. The standard InChI is InChI=1S/C14H14N4O4S/c1-9-3-2-8-16-12(9)18-14(20)13(19)17-10-4-6-11(7-5-10)23(15,21)22/h2-8H,1H3,(H,17,19)(H2,15,21,22)(H,16,18,20). The molecule has 120 valence electrons. The SMILES string of the molecule is Cc1cccnc1NC(=O)C(=O)Nc1ccc(S(N)(=O)=O)cc1. The fraction of sp³-hybridized carbons (Fsp3) is 0.0714. The fourth-order valence-electron chi connectivity index (χ4n) is 1.70. The van der Waals surface area contributed by atoms with Crippen LogP contribution in [0.4, 0.5) is 11.5 Å². The molecule has 1 heterocycles. The Labute approximate surface area is 132 Å². The van der Waals surface area contributed by atoms with Crippen LogP contribution in [0.25, 0.3) is 0 Å². The number of carbonyl (C=O) groups is 2. The first-order valence-corrected chi connectivity index (χ1v) is 7.99. The Bertz CT molecular complexity index is 847. The molecule has 0 saturated heterocycles. The minimum absolute atomic E-state index is 0.0935. The summed E-state index contributed by atoms with van der Waals surface area (Å²) in [6, 6.07) is 8.57. The monoisotopic (exact) mass is 334 g/mol. The molecule has 0 aliphatic carbocycles. The molecule has 0 radical (unpaired) electrons. The molecular formula is C14H14N4O4S. The number of aryl methyl sites for hydroxylation is 1. The van der Waals surface area contributed by atoms with Crippen molar-refractivity contribution in [3.63, 3.8) is 0 Å². The molecule has 0 spiro atoms. The Morgan fingerprint density at radius 3 is 2.22 bits per heavy atom. The van der Waals surface area contributed by atoms with Gasteiger partial charge in [0, 0.05) is 11.9 Å². The van der Waals surface area contributed by atoms with Crippen molar-refractivity contribution in [3.05, 3.63) is 48.2 Å². The highest BCUT2D eigenvalue weighted by atomic mass is 32.2. The van der Waals surface area contributed by atoms with Crippen molar-refractivity contribution in [3.8, 4) is 0 Å². The zero-order valence-electron chi connectivity index (χ0n) is 12.1. The Kier molecular flexibility index (Phi) is 4.72. The Morgan fingerprint density at radius 1 is 1.04 bits per heavy atom. The molecule has 0 saturated carbocycles. The van der Waals surface area contributed by atoms with E-state index in [0.29, 0.717) is 5.56 Å². The largest absolute Gasteiger partial charge is 0.318 e. The first kappa shape index (κ1) is 16.6. The highest BCUT2D eigenvalue weighted by Crippen LogP contribution is 2.13. The van der Waals surface area contributed by atoms with Crippen molar-refractivity contribution in [2.45, 2.75) is 11.8 Å². The normalized spacial score (nSPS) is 10.9. The predicted molar refractivity (Wildman–Crippen MR) is 84.0 cm³/mol. The maximum absolute atomic E-state index is 11.8. The van der Waals surface area contributed by atoms with Gasteiger partial charge < -0.3 is 10.6 Å². The van der Waals surface area contributed by atoms with E-state index in [1.807, 2.05) is 0 Å². The second kappa shape index (κ2) is 6.55. The summed E-state index contributed by atoms with van der Waals surface area (Å²) in [5.74, 6) is -1.50. The third kappa shape index (κ3) is 4.34. The van der Waals surface area contributed by atoms with E-state index in [-0.39, 0.29) is 16.4 Å². The van der Waals surface area contributed by atoms with Crippen molar-refractivity contribution in [2.24, 2.45) is 5.14 Å². The van der Waals surface area contributed by atoms with E-state index in [2.05, 4.69) is 15.6 Å². The highest BCUT2D eigenvalue weighted by molar-refractivity contribution is 7.89. The maximum Gasteiger partial charge on any atom is 0.315 e. The highest BCUT2D eigenvalue weighted by Gasteiger charge is 2.16. The van der Waals surface area contributed by atoms with Gasteiger partial charge in [0.15, 0.2) is 0 Å². The van der Waals surface area contributed by atoms with E-state index >= 15 is 0 Å². The Hall–Kier alpha value is -2.78. The van der Waals surface area contributed by atoms with Crippen LogP contribution in [0.3, 0.4) is 0 Å². The molecule has 23 heavy (non-hydrogen) atoms. The average Bonchev–Trinajstić information content (AvgIpc) is 2.49. The number of nitrogens with one attached hydrogen (secondary N) is 2. The summed E-state index contributed by atoms with van der Waals surface area (Å²) in [6.45, 7) is 1.74. The van der Waals surface area contributed by atoms with E-state index in [1.54, 1.807) is 19.1 Å². The number of carbonyl (C=O) groups excluding carboxylic acids is 2. The second-order valence-electron chi connectivity index (χ2n) is 4.65. The van der Waals surface area contributed by atoms with Crippen LogP contribution in [0, 0.1) is 6.92 Å². The zero-order chi connectivity index (χ0) is 17.0. The van der Waals surface area contributed by atoms with Crippen LogP contribution in [0.1, 0.15) is 5.56 Å². The molecule has 8 nitrogen and oxygen atoms in total. The lowest BCUT2D eigenvalue weighted by Crippen LogP contribution is -2.29. The lowest BCUT2D eigenvalue weighted by Gasteiger charge is -2.08. The van der Waals surface area contributed by atoms with E-state index in [9.17, 15) is 18.0 Å². The van der Waals surface area contributed by atoms with Gasteiger partial charge >= 0.3 is 11.8 Å². The van der Waals surface area contributed by atoms with E-state index in [1.165, 1.54) is 30.5 Å². The number of nitrogens with zero attached hydrogens (tertiary/aromatic N) is 1. The third-order valence-corrected chi connectivity index (χ3v) is 3.82. The summed E-state index contributed by atoms with van der Waals surface area (Å²) in [5.41, 5.74) is 0.974. The maximum atomic E-state index is 11.8. The summed E-state index contributed by atoms with van der Waals surface area (Å²) in [7, 11) is -3.81. The number of anilines is 2. The average molecular weight is 334 g/mol. The summed E-state index contributed by atoms with van der Waals surface area (Å²) in [6.07, 6.45) is 1.49. The third-order valence-electron chi connectivity index (χ3n) is 2.89. The lowest BCUT2D eigenvalue weighted by atomic mass is 10.3. The lowest BCUT2D eigenvalue weighted by molar-refractivity contribution is -0.133.